The molecule has 0 bridgehead atoms. The molecule has 0 fully saturated rings. The molecule has 0 spiro atoms. The minimum Gasteiger partial charge on any atom is -0.268 e. The Morgan fingerprint density at radius 2 is 2.03 bits per heavy atom. The van der Waals surface area contributed by atoms with E-state index in [1.807, 2.05) is 38.1 Å². The molecule has 33 heavy (non-hydrogen) atoms. The van der Waals surface area contributed by atoms with Crippen LogP contribution in [0.5, 0.6) is 0 Å². The van der Waals surface area contributed by atoms with E-state index in [4.69, 9.17) is 0 Å². The minimum absolute atomic E-state index is 0.0161. The van der Waals surface area contributed by atoms with E-state index >= 15 is 0 Å². The highest BCUT2D eigenvalue weighted by molar-refractivity contribution is 7.99. The Labute approximate surface area is 202 Å². The van der Waals surface area contributed by atoms with E-state index in [0.717, 1.165) is 57.2 Å². The highest BCUT2D eigenvalue weighted by Gasteiger charge is 2.33. The largest absolute Gasteiger partial charge is 0.268 e. The lowest BCUT2D eigenvalue weighted by Gasteiger charge is -2.33. The van der Waals surface area contributed by atoms with Crippen LogP contribution >= 0.6 is 23.1 Å². The molecule has 0 amide bonds. The van der Waals surface area contributed by atoms with E-state index in [0.29, 0.717) is 11.7 Å². The Bertz CT molecular complexity index is 1450. The van der Waals surface area contributed by atoms with E-state index in [1.165, 1.54) is 10.4 Å². The fourth-order valence-corrected chi connectivity index (χ4v) is 7.04. The van der Waals surface area contributed by atoms with Crippen LogP contribution in [0.2, 0.25) is 0 Å². The topological polar surface area (TPSA) is 52.2 Å². The molecule has 172 valence electrons. The van der Waals surface area contributed by atoms with Gasteiger partial charge in [0, 0.05) is 10.6 Å². The van der Waals surface area contributed by atoms with E-state index < -0.39 is 0 Å². The van der Waals surface area contributed by atoms with Gasteiger partial charge in [-0.1, -0.05) is 62.9 Å². The molecule has 0 unspecified atom stereocenters. The standard InChI is InChI=1S/C26H30N4OS2/c1-15(2)14-32-25-28-27-24-29(19-10-8-7-9-16(19)3)22(31)21-18-12-11-17(26(4,5)6)13-20(18)33-23(21)30(24)25/h7-10,17H,1,11-14H2,2-6H3/t17-/m1/s1. The van der Waals surface area contributed by atoms with E-state index in [1.54, 1.807) is 27.7 Å². The molecule has 5 rings (SSSR count). The van der Waals surface area contributed by atoms with Gasteiger partial charge in [0.2, 0.25) is 5.78 Å². The van der Waals surface area contributed by atoms with E-state index in [-0.39, 0.29) is 11.0 Å². The molecular weight excluding hydrogens is 448 g/mol. The number of fused-ring (bicyclic) bond motifs is 5. The minimum atomic E-state index is 0.0161. The number of hydrogen-bond donors (Lipinski definition) is 0. The summed E-state index contributed by atoms with van der Waals surface area (Å²) >= 11 is 3.38. The Kier molecular flexibility index (Phi) is 5.52. The van der Waals surface area contributed by atoms with Crippen molar-refractivity contribution in [3.8, 4) is 5.69 Å². The number of benzene rings is 1. The van der Waals surface area contributed by atoms with Gasteiger partial charge in [-0.2, -0.15) is 0 Å². The van der Waals surface area contributed by atoms with Crippen molar-refractivity contribution in [1.82, 2.24) is 19.2 Å². The fraction of sp³-hybridized carbons (Fsp3) is 0.423. The Balaban J connectivity index is 1.83. The highest BCUT2D eigenvalue weighted by atomic mass is 32.2. The molecule has 1 atom stereocenters. The predicted octanol–water partition coefficient (Wildman–Crippen LogP) is 6.22. The maximum atomic E-state index is 14.0. The summed E-state index contributed by atoms with van der Waals surface area (Å²) in [6, 6.07) is 8.00. The molecule has 0 N–H and O–H groups in total. The van der Waals surface area contributed by atoms with Crippen molar-refractivity contribution in [2.45, 2.75) is 59.0 Å². The summed E-state index contributed by atoms with van der Waals surface area (Å²) in [7, 11) is 0. The van der Waals surface area contributed by atoms with Gasteiger partial charge in [0.25, 0.3) is 5.56 Å². The molecule has 0 saturated heterocycles. The number of hydrogen-bond acceptors (Lipinski definition) is 5. The number of nitrogens with zero attached hydrogens (tertiary/aromatic N) is 4. The molecule has 1 aliphatic carbocycles. The lowest BCUT2D eigenvalue weighted by molar-refractivity contribution is 0.218. The third-order valence-corrected chi connectivity index (χ3v) is 9.11. The summed E-state index contributed by atoms with van der Waals surface area (Å²) in [5.41, 5.74) is 4.48. The third-order valence-electron chi connectivity index (χ3n) is 6.71. The molecule has 0 aliphatic heterocycles. The number of aryl methyl sites for hydroxylation is 2. The Hall–Kier alpha value is -2.38. The second kappa shape index (κ2) is 8.13. The normalized spacial score (nSPS) is 16.5. The van der Waals surface area contributed by atoms with Crippen LogP contribution in [-0.2, 0) is 12.8 Å². The molecule has 3 heterocycles. The first-order chi connectivity index (χ1) is 15.7. The molecule has 0 radical (unpaired) electrons. The van der Waals surface area contributed by atoms with Crippen molar-refractivity contribution in [3.05, 3.63) is 62.8 Å². The fourth-order valence-electron chi connectivity index (χ4n) is 4.79. The SMILES string of the molecule is C=C(C)CSc1nnc2n(-c3ccccc3C)c(=O)c3c4c(sc3n12)C[C@H](C(C)(C)C)CC4. The van der Waals surface area contributed by atoms with E-state index in [9.17, 15) is 4.79 Å². The van der Waals surface area contributed by atoms with Crippen molar-refractivity contribution < 1.29 is 0 Å². The first-order valence-electron chi connectivity index (χ1n) is 11.4. The van der Waals surface area contributed by atoms with Crippen molar-refractivity contribution in [2.75, 3.05) is 5.75 Å². The average molecular weight is 479 g/mol. The summed E-state index contributed by atoms with van der Waals surface area (Å²) in [5.74, 6) is 1.96. The van der Waals surface area contributed by atoms with Crippen LogP contribution in [0.25, 0.3) is 21.7 Å². The maximum Gasteiger partial charge on any atom is 0.268 e. The molecule has 5 nitrogen and oxygen atoms in total. The quantitative estimate of drug-likeness (QED) is 0.258. The maximum absolute atomic E-state index is 14.0. The zero-order valence-electron chi connectivity index (χ0n) is 19.9. The molecular formula is C26H30N4OS2. The van der Waals surface area contributed by atoms with Crippen molar-refractivity contribution in [2.24, 2.45) is 11.3 Å². The van der Waals surface area contributed by atoms with Crippen molar-refractivity contribution >= 4 is 39.1 Å². The van der Waals surface area contributed by atoms with Gasteiger partial charge >= 0.3 is 0 Å². The number of aromatic nitrogens is 4. The second-order valence-electron chi connectivity index (χ2n) is 10.3. The van der Waals surface area contributed by atoms with Crippen LogP contribution in [-0.4, -0.2) is 24.9 Å². The molecule has 3 aromatic heterocycles. The van der Waals surface area contributed by atoms with Crippen LogP contribution in [0.1, 0.15) is 50.1 Å². The highest BCUT2D eigenvalue weighted by Crippen LogP contribution is 2.43. The van der Waals surface area contributed by atoms with Crippen LogP contribution in [0.3, 0.4) is 0 Å². The van der Waals surface area contributed by atoms with Crippen LogP contribution in [0, 0.1) is 18.3 Å². The van der Waals surface area contributed by atoms with Gasteiger partial charge in [0.1, 0.15) is 4.83 Å². The third kappa shape index (κ3) is 3.75. The summed E-state index contributed by atoms with van der Waals surface area (Å²) in [5, 5.41) is 10.7. The van der Waals surface area contributed by atoms with Crippen molar-refractivity contribution in [3.63, 3.8) is 0 Å². The second-order valence-corrected chi connectivity index (χ2v) is 12.3. The lowest BCUT2D eigenvalue weighted by atomic mass is 9.72. The Morgan fingerprint density at radius 1 is 1.27 bits per heavy atom. The van der Waals surface area contributed by atoms with Gasteiger partial charge in [-0.3, -0.25) is 4.79 Å². The summed E-state index contributed by atoms with van der Waals surface area (Å²) in [6.45, 7) is 15.1. The molecule has 0 saturated carbocycles. The van der Waals surface area contributed by atoms with Crippen molar-refractivity contribution in [1.29, 1.82) is 0 Å². The molecule has 4 aromatic rings. The van der Waals surface area contributed by atoms with Crippen LogP contribution < -0.4 is 5.56 Å². The van der Waals surface area contributed by atoms with Crippen LogP contribution in [0.4, 0.5) is 0 Å². The first kappa shape index (κ1) is 22.4. The van der Waals surface area contributed by atoms with Gasteiger partial charge in [0.05, 0.1) is 11.1 Å². The van der Waals surface area contributed by atoms with Crippen LogP contribution in [0.15, 0.2) is 46.4 Å². The average Bonchev–Trinajstić information content (AvgIpc) is 3.34. The number of thioether (sulfide) groups is 1. The summed E-state index contributed by atoms with van der Waals surface area (Å²) in [4.78, 5) is 16.4. The van der Waals surface area contributed by atoms with E-state index in [2.05, 4.69) is 41.9 Å². The summed E-state index contributed by atoms with van der Waals surface area (Å²) < 4.78 is 3.87. The smallest absolute Gasteiger partial charge is 0.268 e. The predicted molar refractivity (Wildman–Crippen MR) is 139 cm³/mol. The number of thiophene rings is 1. The number of rotatable bonds is 4. The molecule has 1 aromatic carbocycles. The monoisotopic (exact) mass is 478 g/mol. The lowest BCUT2D eigenvalue weighted by Crippen LogP contribution is -2.27. The van der Waals surface area contributed by atoms with Gasteiger partial charge in [-0.25, -0.2) is 8.97 Å². The first-order valence-corrected chi connectivity index (χ1v) is 13.2. The molecule has 1 aliphatic rings. The summed E-state index contributed by atoms with van der Waals surface area (Å²) in [6.07, 6.45) is 3.09. The zero-order valence-corrected chi connectivity index (χ0v) is 21.6. The van der Waals surface area contributed by atoms with Gasteiger partial charge in [0.15, 0.2) is 5.16 Å². The van der Waals surface area contributed by atoms with Gasteiger partial charge < -0.3 is 0 Å². The Morgan fingerprint density at radius 3 is 2.73 bits per heavy atom. The molecule has 7 heteroatoms. The van der Waals surface area contributed by atoms with Gasteiger partial charge in [-0.05, 0) is 61.6 Å². The zero-order chi connectivity index (χ0) is 23.5. The number of para-hydroxylation sites is 1. The van der Waals surface area contributed by atoms with Gasteiger partial charge in [-0.15, -0.1) is 21.5 Å².